The zero-order valence-electron chi connectivity index (χ0n) is 8.35. The van der Waals surface area contributed by atoms with Crippen LogP contribution in [-0.2, 0) is 11.2 Å². The number of aryl methyl sites for hydroxylation is 3. The molecule has 1 amide bonds. The molecule has 0 heterocycles. The Morgan fingerprint density at radius 3 is 2.23 bits per heavy atom. The fraction of sp³-hybridized carbons (Fsp3) is 0.364. The fourth-order valence-corrected chi connectivity index (χ4v) is 1.40. The molecule has 0 aliphatic carbocycles. The maximum Gasteiger partial charge on any atom is 0.221 e. The first kappa shape index (κ1) is 9.78. The van der Waals surface area contributed by atoms with Crippen molar-refractivity contribution in [2.75, 3.05) is 0 Å². The zero-order valence-corrected chi connectivity index (χ0v) is 8.35. The van der Waals surface area contributed by atoms with Crippen LogP contribution in [0.15, 0.2) is 12.1 Å². The Morgan fingerprint density at radius 2 is 1.69 bits per heavy atom. The van der Waals surface area contributed by atoms with Crippen LogP contribution >= 0.6 is 0 Å². The highest BCUT2D eigenvalue weighted by molar-refractivity contribution is 5.77. The van der Waals surface area contributed by atoms with E-state index in [2.05, 4.69) is 13.0 Å². The molecule has 2 N–H and O–H groups in total. The Balaban J connectivity index is 3.08. The van der Waals surface area contributed by atoms with Gasteiger partial charge in [0.05, 0.1) is 6.42 Å². The molecule has 2 nitrogen and oxygen atoms in total. The Kier molecular flexibility index (Phi) is 2.71. The minimum atomic E-state index is -0.272. The third-order valence-electron chi connectivity index (χ3n) is 2.32. The quantitative estimate of drug-likeness (QED) is 0.733. The van der Waals surface area contributed by atoms with Crippen molar-refractivity contribution in [2.24, 2.45) is 5.73 Å². The molecule has 0 atom stereocenters. The highest BCUT2D eigenvalue weighted by Gasteiger charge is 2.04. The molecule has 0 saturated heterocycles. The molecule has 0 aromatic heterocycles. The van der Waals surface area contributed by atoms with Crippen molar-refractivity contribution in [3.63, 3.8) is 0 Å². The molecule has 1 aromatic carbocycles. The van der Waals surface area contributed by atoms with Gasteiger partial charge in [-0.3, -0.25) is 4.79 Å². The molecule has 2 heteroatoms. The molecule has 0 spiro atoms. The lowest BCUT2D eigenvalue weighted by atomic mass is 9.99. The highest BCUT2D eigenvalue weighted by Crippen LogP contribution is 2.15. The monoisotopic (exact) mass is 177 g/mol. The van der Waals surface area contributed by atoms with Crippen LogP contribution in [-0.4, -0.2) is 5.91 Å². The first-order valence-corrected chi connectivity index (χ1v) is 4.35. The summed E-state index contributed by atoms with van der Waals surface area (Å²) >= 11 is 0. The van der Waals surface area contributed by atoms with Gasteiger partial charge in [0, 0.05) is 0 Å². The number of primary amides is 1. The summed E-state index contributed by atoms with van der Waals surface area (Å²) in [7, 11) is 0. The van der Waals surface area contributed by atoms with E-state index in [0.29, 0.717) is 6.42 Å². The standard InChI is InChI=1S/C11H15NO/c1-7-4-9(3)10(5-8(7)2)6-11(12)13/h4-5H,6H2,1-3H3,(H2,12,13). The van der Waals surface area contributed by atoms with Crippen LogP contribution in [0.1, 0.15) is 22.3 Å². The number of amides is 1. The minimum Gasteiger partial charge on any atom is -0.369 e. The third-order valence-corrected chi connectivity index (χ3v) is 2.32. The SMILES string of the molecule is Cc1cc(C)c(CC(N)=O)cc1C. The van der Waals surface area contributed by atoms with Crippen molar-refractivity contribution < 1.29 is 4.79 Å². The minimum absolute atomic E-state index is 0.272. The summed E-state index contributed by atoms with van der Waals surface area (Å²) in [6.45, 7) is 6.11. The highest BCUT2D eigenvalue weighted by atomic mass is 16.1. The number of hydrogen-bond acceptors (Lipinski definition) is 1. The van der Waals surface area contributed by atoms with Gasteiger partial charge >= 0.3 is 0 Å². The smallest absolute Gasteiger partial charge is 0.221 e. The molecular weight excluding hydrogens is 162 g/mol. The number of rotatable bonds is 2. The molecule has 0 bridgehead atoms. The van der Waals surface area contributed by atoms with Gasteiger partial charge < -0.3 is 5.73 Å². The Bertz CT molecular complexity index is 342. The molecule has 0 unspecified atom stereocenters. The molecule has 1 aromatic rings. The van der Waals surface area contributed by atoms with Crippen LogP contribution in [0.4, 0.5) is 0 Å². The van der Waals surface area contributed by atoms with Crippen LogP contribution in [0.2, 0.25) is 0 Å². The van der Waals surface area contributed by atoms with E-state index in [4.69, 9.17) is 5.73 Å². The lowest BCUT2D eigenvalue weighted by Gasteiger charge is -2.07. The topological polar surface area (TPSA) is 43.1 Å². The van der Waals surface area contributed by atoms with Crippen molar-refractivity contribution >= 4 is 5.91 Å². The van der Waals surface area contributed by atoms with E-state index >= 15 is 0 Å². The molecular formula is C11H15NO. The van der Waals surface area contributed by atoms with E-state index in [1.54, 1.807) is 0 Å². The molecule has 0 aliphatic rings. The van der Waals surface area contributed by atoms with E-state index in [0.717, 1.165) is 11.1 Å². The maximum absolute atomic E-state index is 10.7. The molecule has 70 valence electrons. The molecule has 1 rings (SSSR count). The predicted molar refractivity (Wildman–Crippen MR) is 53.6 cm³/mol. The van der Waals surface area contributed by atoms with E-state index in [-0.39, 0.29) is 5.91 Å². The molecule has 0 radical (unpaired) electrons. The lowest BCUT2D eigenvalue weighted by molar-refractivity contribution is -0.117. The van der Waals surface area contributed by atoms with E-state index in [1.165, 1.54) is 11.1 Å². The van der Waals surface area contributed by atoms with Crippen LogP contribution < -0.4 is 5.73 Å². The Hall–Kier alpha value is -1.31. The summed E-state index contributed by atoms with van der Waals surface area (Å²) < 4.78 is 0. The van der Waals surface area contributed by atoms with E-state index in [9.17, 15) is 4.79 Å². The zero-order chi connectivity index (χ0) is 10.0. The van der Waals surface area contributed by atoms with Gasteiger partial charge in [-0.25, -0.2) is 0 Å². The number of carbonyl (C=O) groups is 1. The van der Waals surface area contributed by atoms with Gasteiger partial charge in [-0.2, -0.15) is 0 Å². The molecule has 0 aliphatic heterocycles. The van der Waals surface area contributed by atoms with E-state index in [1.807, 2.05) is 19.9 Å². The predicted octanol–water partition coefficient (Wildman–Crippen LogP) is 1.64. The third kappa shape index (κ3) is 2.31. The average molecular weight is 177 g/mol. The van der Waals surface area contributed by atoms with Crippen LogP contribution in [0.3, 0.4) is 0 Å². The Labute approximate surface area is 78.8 Å². The molecule has 0 fully saturated rings. The summed E-state index contributed by atoms with van der Waals surface area (Å²) in [5, 5.41) is 0. The maximum atomic E-state index is 10.7. The number of benzene rings is 1. The second-order valence-corrected chi connectivity index (χ2v) is 3.51. The fourth-order valence-electron chi connectivity index (χ4n) is 1.40. The Morgan fingerprint density at radius 1 is 1.15 bits per heavy atom. The summed E-state index contributed by atoms with van der Waals surface area (Å²) in [5.74, 6) is -0.272. The van der Waals surface area contributed by atoms with Crippen LogP contribution in [0.25, 0.3) is 0 Å². The normalized spacial score (nSPS) is 10.1. The van der Waals surface area contributed by atoms with Gasteiger partial charge in [0.2, 0.25) is 5.91 Å². The number of hydrogen-bond donors (Lipinski definition) is 1. The van der Waals surface area contributed by atoms with Gasteiger partial charge in [-0.1, -0.05) is 12.1 Å². The summed E-state index contributed by atoms with van der Waals surface area (Å²) in [5.41, 5.74) is 9.79. The number of carbonyl (C=O) groups excluding carboxylic acids is 1. The number of nitrogens with two attached hydrogens (primary N) is 1. The molecule has 13 heavy (non-hydrogen) atoms. The van der Waals surface area contributed by atoms with Crippen LogP contribution in [0.5, 0.6) is 0 Å². The van der Waals surface area contributed by atoms with Gasteiger partial charge in [-0.15, -0.1) is 0 Å². The summed E-state index contributed by atoms with van der Waals surface area (Å²) in [6, 6.07) is 4.13. The second-order valence-electron chi connectivity index (χ2n) is 3.51. The van der Waals surface area contributed by atoms with Crippen molar-refractivity contribution in [3.05, 3.63) is 34.4 Å². The van der Waals surface area contributed by atoms with Crippen molar-refractivity contribution in [1.82, 2.24) is 0 Å². The average Bonchev–Trinajstić information content (AvgIpc) is 1.99. The summed E-state index contributed by atoms with van der Waals surface area (Å²) in [4.78, 5) is 10.7. The van der Waals surface area contributed by atoms with Gasteiger partial charge in [0.15, 0.2) is 0 Å². The van der Waals surface area contributed by atoms with E-state index < -0.39 is 0 Å². The second kappa shape index (κ2) is 3.60. The van der Waals surface area contributed by atoms with Crippen molar-refractivity contribution in [1.29, 1.82) is 0 Å². The van der Waals surface area contributed by atoms with Crippen LogP contribution in [0, 0.1) is 20.8 Å². The van der Waals surface area contributed by atoms with Gasteiger partial charge in [0.25, 0.3) is 0 Å². The first-order valence-electron chi connectivity index (χ1n) is 4.35. The summed E-state index contributed by atoms with van der Waals surface area (Å²) in [6.07, 6.45) is 0.340. The lowest BCUT2D eigenvalue weighted by Crippen LogP contribution is -2.14. The largest absolute Gasteiger partial charge is 0.369 e. The van der Waals surface area contributed by atoms with Crippen molar-refractivity contribution in [3.8, 4) is 0 Å². The first-order chi connectivity index (χ1) is 6.00. The molecule has 0 saturated carbocycles. The van der Waals surface area contributed by atoms with Crippen molar-refractivity contribution in [2.45, 2.75) is 27.2 Å². The van der Waals surface area contributed by atoms with Gasteiger partial charge in [0.1, 0.15) is 0 Å². The van der Waals surface area contributed by atoms with Gasteiger partial charge in [-0.05, 0) is 43.0 Å².